The van der Waals surface area contributed by atoms with Crippen LogP contribution in [0.2, 0.25) is 0 Å². The third-order valence-electron chi connectivity index (χ3n) is 4.22. The van der Waals surface area contributed by atoms with Crippen LogP contribution in [-0.2, 0) is 16.1 Å². The molecule has 1 aromatic carbocycles. The molecule has 7 heteroatoms. The van der Waals surface area contributed by atoms with E-state index in [-0.39, 0.29) is 18.4 Å². The number of amides is 1. The Bertz CT molecular complexity index is 727. The number of aromatic nitrogens is 2. The zero-order valence-electron chi connectivity index (χ0n) is 16.2. The minimum absolute atomic E-state index is 0.0848. The lowest BCUT2D eigenvalue weighted by Gasteiger charge is -2.20. The van der Waals surface area contributed by atoms with E-state index < -0.39 is 0 Å². The minimum Gasteiger partial charge on any atom is -0.383 e. The van der Waals surface area contributed by atoms with Crippen molar-refractivity contribution in [2.75, 3.05) is 32.1 Å². The third kappa shape index (κ3) is 5.64. The number of aryl methyl sites for hydroxylation is 1. The van der Waals surface area contributed by atoms with Gasteiger partial charge >= 0.3 is 0 Å². The Kier molecular flexibility index (Phi) is 7.29. The van der Waals surface area contributed by atoms with Gasteiger partial charge in [0.25, 0.3) is 0 Å². The van der Waals surface area contributed by atoms with Crippen molar-refractivity contribution in [1.29, 1.82) is 0 Å². The quantitative estimate of drug-likeness (QED) is 0.741. The van der Waals surface area contributed by atoms with Crippen molar-refractivity contribution >= 4 is 11.6 Å². The van der Waals surface area contributed by atoms with Crippen LogP contribution in [0.3, 0.4) is 0 Å². The van der Waals surface area contributed by atoms with Crippen molar-refractivity contribution in [2.24, 2.45) is 0 Å². The van der Waals surface area contributed by atoms with E-state index in [0.717, 1.165) is 16.8 Å². The molecule has 142 valence electrons. The highest BCUT2D eigenvalue weighted by molar-refractivity contribution is 5.93. The number of benzene rings is 1. The van der Waals surface area contributed by atoms with E-state index in [4.69, 9.17) is 9.26 Å². The van der Waals surface area contributed by atoms with Crippen molar-refractivity contribution in [3.8, 4) is 0 Å². The van der Waals surface area contributed by atoms with Crippen LogP contribution in [0.5, 0.6) is 0 Å². The van der Waals surface area contributed by atoms with Gasteiger partial charge in [0.05, 0.1) is 19.7 Å². The van der Waals surface area contributed by atoms with Crippen LogP contribution in [-0.4, -0.2) is 47.8 Å². The fraction of sp³-hybridized carbons (Fsp3) is 0.526. The van der Waals surface area contributed by atoms with Crippen LogP contribution in [0, 0.1) is 13.8 Å². The van der Waals surface area contributed by atoms with E-state index in [0.29, 0.717) is 31.4 Å². The van der Waals surface area contributed by atoms with Crippen LogP contribution >= 0.6 is 0 Å². The summed E-state index contributed by atoms with van der Waals surface area (Å²) in [6.07, 6.45) is 0. The first-order chi connectivity index (χ1) is 12.4. The number of hydrogen-bond acceptors (Lipinski definition) is 6. The molecule has 0 bridgehead atoms. The fourth-order valence-corrected chi connectivity index (χ4v) is 2.47. The first-order valence-electron chi connectivity index (χ1n) is 8.80. The van der Waals surface area contributed by atoms with Gasteiger partial charge < -0.3 is 14.6 Å². The molecule has 0 aliphatic carbocycles. The average Bonchev–Trinajstić information content (AvgIpc) is 3.05. The van der Waals surface area contributed by atoms with E-state index in [2.05, 4.69) is 15.5 Å². The van der Waals surface area contributed by atoms with Crippen molar-refractivity contribution in [1.82, 2.24) is 15.0 Å². The molecule has 1 heterocycles. The molecule has 0 aliphatic rings. The van der Waals surface area contributed by atoms with Gasteiger partial charge in [0, 0.05) is 25.3 Å². The molecule has 2 rings (SSSR count). The SMILES string of the molecule is COCCN(CC(=O)Nc1cccc(C)c1C)Cc1nc(C(C)C)no1. The zero-order chi connectivity index (χ0) is 19.1. The van der Waals surface area contributed by atoms with Crippen molar-refractivity contribution < 1.29 is 14.1 Å². The van der Waals surface area contributed by atoms with Gasteiger partial charge in [-0.15, -0.1) is 0 Å². The van der Waals surface area contributed by atoms with Gasteiger partial charge in [-0.1, -0.05) is 31.1 Å². The van der Waals surface area contributed by atoms with Gasteiger partial charge in [0.1, 0.15) is 0 Å². The summed E-state index contributed by atoms with van der Waals surface area (Å²) >= 11 is 0. The number of rotatable bonds is 9. The molecule has 0 saturated heterocycles. The molecule has 0 unspecified atom stereocenters. The standard InChI is InChI=1S/C19H28N4O3/c1-13(2)19-21-18(26-22-19)12-23(9-10-25-5)11-17(24)20-16-8-6-7-14(3)15(16)4/h6-8,13H,9-12H2,1-5H3,(H,20,24). The number of nitrogens with one attached hydrogen (secondary N) is 1. The molecule has 26 heavy (non-hydrogen) atoms. The summed E-state index contributed by atoms with van der Waals surface area (Å²) in [5.74, 6) is 1.29. The number of carbonyl (C=O) groups is 1. The van der Waals surface area contributed by atoms with Gasteiger partial charge in [-0.05, 0) is 31.0 Å². The van der Waals surface area contributed by atoms with Gasteiger partial charge in [-0.3, -0.25) is 9.69 Å². The second-order valence-corrected chi connectivity index (χ2v) is 6.70. The smallest absolute Gasteiger partial charge is 0.240 e. The molecule has 0 fully saturated rings. The van der Waals surface area contributed by atoms with Crippen LogP contribution in [0.4, 0.5) is 5.69 Å². The van der Waals surface area contributed by atoms with Gasteiger partial charge in [0.15, 0.2) is 5.82 Å². The van der Waals surface area contributed by atoms with Crippen LogP contribution < -0.4 is 5.32 Å². The summed E-state index contributed by atoms with van der Waals surface area (Å²) < 4.78 is 10.4. The summed E-state index contributed by atoms with van der Waals surface area (Å²) in [6.45, 7) is 9.78. The van der Waals surface area contributed by atoms with E-state index in [1.165, 1.54) is 0 Å². The molecule has 0 saturated carbocycles. The van der Waals surface area contributed by atoms with Crippen LogP contribution in [0.25, 0.3) is 0 Å². The van der Waals surface area contributed by atoms with E-state index >= 15 is 0 Å². The topological polar surface area (TPSA) is 80.5 Å². The monoisotopic (exact) mass is 360 g/mol. The molecule has 0 atom stereocenters. The number of carbonyl (C=O) groups excluding carboxylic acids is 1. The Balaban J connectivity index is 2.01. The van der Waals surface area contributed by atoms with E-state index in [9.17, 15) is 4.79 Å². The average molecular weight is 360 g/mol. The molecule has 1 amide bonds. The highest BCUT2D eigenvalue weighted by Crippen LogP contribution is 2.18. The predicted octanol–water partition coefficient (Wildman–Crippen LogP) is 2.90. The fourth-order valence-electron chi connectivity index (χ4n) is 2.47. The summed E-state index contributed by atoms with van der Waals surface area (Å²) in [5, 5.41) is 6.95. The number of ether oxygens (including phenoxy) is 1. The lowest BCUT2D eigenvalue weighted by molar-refractivity contribution is -0.117. The number of hydrogen-bond donors (Lipinski definition) is 1. The minimum atomic E-state index is -0.0848. The molecule has 1 N–H and O–H groups in total. The van der Waals surface area contributed by atoms with E-state index in [1.54, 1.807) is 7.11 Å². The Labute approximate surface area is 154 Å². The normalized spacial score (nSPS) is 11.3. The number of nitrogens with zero attached hydrogens (tertiary/aromatic N) is 3. The lowest BCUT2D eigenvalue weighted by atomic mass is 10.1. The van der Waals surface area contributed by atoms with Gasteiger partial charge in [-0.2, -0.15) is 4.98 Å². The Morgan fingerprint density at radius 2 is 2.12 bits per heavy atom. The summed E-state index contributed by atoms with van der Waals surface area (Å²) in [5.41, 5.74) is 3.05. The zero-order valence-corrected chi connectivity index (χ0v) is 16.2. The maximum absolute atomic E-state index is 12.5. The lowest BCUT2D eigenvalue weighted by Crippen LogP contribution is -2.35. The third-order valence-corrected chi connectivity index (χ3v) is 4.22. The van der Waals surface area contributed by atoms with E-state index in [1.807, 2.05) is 50.8 Å². The molecule has 7 nitrogen and oxygen atoms in total. The van der Waals surface area contributed by atoms with Crippen molar-refractivity contribution in [3.05, 3.63) is 41.0 Å². The van der Waals surface area contributed by atoms with Crippen molar-refractivity contribution in [3.63, 3.8) is 0 Å². The molecule has 1 aromatic heterocycles. The Morgan fingerprint density at radius 3 is 2.77 bits per heavy atom. The summed E-state index contributed by atoms with van der Waals surface area (Å²) in [7, 11) is 1.64. The molecule has 2 aromatic rings. The Hall–Kier alpha value is -2.25. The maximum atomic E-state index is 12.5. The molecule has 0 radical (unpaired) electrons. The number of anilines is 1. The molecule has 0 spiro atoms. The van der Waals surface area contributed by atoms with Crippen molar-refractivity contribution in [2.45, 2.75) is 40.2 Å². The van der Waals surface area contributed by atoms with Crippen LogP contribution in [0.15, 0.2) is 22.7 Å². The largest absolute Gasteiger partial charge is 0.383 e. The molecular formula is C19H28N4O3. The Morgan fingerprint density at radius 1 is 1.35 bits per heavy atom. The highest BCUT2D eigenvalue weighted by Gasteiger charge is 2.17. The number of methoxy groups -OCH3 is 1. The van der Waals surface area contributed by atoms with Gasteiger partial charge in [0.2, 0.25) is 11.8 Å². The highest BCUT2D eigenvalue weighted by atomic mass is 16.5. The molecular weight excluding hydrogens is 332 g/mol. The second-order valence-electron chi connectivity index (χ2n) is 6.70. The molecule has 0 aliphatic heterocycles. The first-order valence-corrected chi connectivity index (χ1v) is 8.80. The predicted molar refractivity (Wildman–Crippen MR) is 100 cm³/mol. The van der Waals surface area contributed by atoms with Crippen LogP contribution in [0.1, 0.15) is 42.6 Å². The summed E-state index contributed by atoms with van der Waals surface area (Å²) in [4.78, 5) is 18.8. The summed E-state index contributed by atoms with van der Waals surface area (Å²) in [6, 6.07) is 5.87. The maximum Gasteiger partial charge on any atom is 0.240 e. The van der Waals surface area contributed by atoms with Gasteiger partial charge in [-0.25, -0.2) is 0 Å². The first kappa shape index (κ1) is 20.1. The second kappa shape index (κ2) is 9.45.